The van der Waals surface area contributed by atoms with Gasteiger partial charge in [0.05, 0.1) is 13.2 Å². The van der Waals surface area contributed by atoms with Crippen LogP contribution in [-0.2, 0) is 22.6 Å². The largest absolute Gasteiger partial charge is 0.491 e. The van der Waals surface area contributed by atoms with Gasteiger partial charge in [-0.1, -0.05) is 24.3 Å². The molecule has 7 aliphatic rings. The summed E-state index contributed by atoms with van der Waals surface area (Å²) in [5.74, 6) is 0.287. The van der Waals surface area contributed by atoms with E-state index in [4.69, 9.17) is 18.9 Å². The molecule has 12 heteroatoms. The Kier molecular flexibility index (Phi) is 10.3. The lowest BCUT2D eigenvalue weighted by molar-refractivity contribution is 0.0920. The Morgan fingerprint density at radius 3 is 1.20 bits per heavy atom. The first-order valence-electron chi connectivity index (χ1n) is 17.3. The molecule has 2 unspecified atom stereocenters. The number of carbonyl (C=O) groups is 4. The highest BCUT2D eigenvalue weighted by Gasteiger charge is 2.26. The van der Waals surface area contributed by atoms with E-state index in [-0.39, 0.29) is 48.9 Å². The first kappa shape index (κ1) is 33.6. The third-order valence-corrected chi connectivity index (χ3v) is 9.54. The fourth-order valence-electron chi connectivity index (χ4n) is 6.26. The molecule has 8 bridgehead atoms. The van der Waals surface area contributed by atoms with E-state index in [2.05, 4.69) is 21.3 Å². The van der Waals surface area contributed by atoms with Crippen LogP contribution in [0.2, 0.25) is 0 Å². The van der Waals surface area contributed by atoms with Gasteiger partial charge in [-0.3, -0.25) is 19.2 Å². The highest BCUT2D eigenvalue weighted by Crippen LogP contribution is 2.29. The van der Waals surface area contributed by atoms with Crippen LogP contribution in [0.25, 0.3) is 0 Å². The molecule has 2 saturated heterocycles. The molecule has 6 aliphatic heterocycles. The molecule has 0 aromatic heterocycles. The standard InChI is InChI=1S/C38H42N4O8/c43-35-27-9-29(13-31(11-27)47-19-33-21-49-33)37(45)41-17-25-5-7-26(8-6-25)18-42-38(46)30-10-28(12-32(14-30)48-20-34-22-50-34)36(44)40-16-24-2-1-23(3-4-24)15-39-35/h1-4,9-14,25-26,33-34H,5-8,15-22H2,(H,39,43)(H,40,44)(H,41,45)(H,42,46). The van der Waals surface area contributed by atoms with Crippen molar-refractivity contribution in [2.24, 2.45) is 11.8 Å². The number of rotatable bonds is 6. The van der Waals surface area contributed by atoms with E-state index in [1.807, 2.05) is 24.3 Å². The van der Waals surface area contributed by atoms with Crippen LogP contribution >= 0.6 is 0 Å². The maximum Gasteiger partial charge on any atom is 0.251 e. The minimum Gasteiger partial charge on any atom is -0.491 e. The number of epoxide rings is 2. The summed E-state index contributed by atoms with van der Waals surface area (Å²) >= 11 is 0. The highest BCUT2D eigenvalue weighted by atomic mass is 16.6. The van der Waals surface area contributed by atoms with Gasteiger partial charge < -0.3 is 40.2 Å². The number of hydrogen-bond acceptors (Lipinski definition) is 8. The van der Waals surface area contributed by atoms with Gasteiger partial charge >= 0.3 is 0 Å². The smallest absolute Gasteiger partial charge is 0.251 e. The van der Waals surface area contributed by atoms with E-state index < -0.39 is 0 Å². The van der Waals surface area contributed by atoms with E-state index >= 15 is 0 Å². The van der Waals surface area contributed by atoms with Gasteiger partial charge in [0.2, 0.25) is 0 Å². The van der Waals surface area contributed by atoms with Crippen molar-refractivity contribution in [3.8, 4) is 11.5 Å². The fraction of sp³-hybridized carbons (Fsp3) is 0.421. The van der Waals surface area contributed by atoms with Crippen LogP contribution in [0.3, 0.4) is 0 Å². The molecule has 0 radical (unpaired) electrons. The summed E-state index contributed by atoms with van der Waals surface area (Å²) in [5, 5.41) is 12.0. The molecule has 0 spiro atoms. The predicted molar refractivity (Wildman–Crippen MR) is 182 cm³/mol. The SMILES string of the molecule is O=C1NCc2ccc(cc2)CNC(=O)c2cc(OCC3CO3)cc(c2)C(=O)NCC2CCC(CC2)CNC(=O)c2cc(OCC3CO3)cc1c2. The quantitative estimate of drug-likeness (QED) is 0.288. The number of benzene rings is 3. The maximum absolute atomic E-state index is 13.3. The normalized spacial score (nSPS) is 24.0. The van der Waals surface area contributed by atoms with E-state index in [1.165, 1.54) is 0 Å². The van der Waals surface area contributed by atoms with Crippen molar-refractivity contribution in [3.63, 3.8) is 0 Å². The van der Waals surface area contributed by atoms with Crippen molar-refractivity contribution in [1.29, 1.82) is 0 Å². The van der Waals surface area contributed by atoms with Gasteiger partial charge in [-0.15, -0.1) is 0 Å². The molecule has 4 amide bonds. The van der Waals surface area contributed by atoms with Gasteiger partial charge in [-0.25, -0.2) is 0 Å². The topological polar surface area (TPSA) is 160 Å². The number of ether oxygens (including phenoxy) is 4. The van der Waals surface area contributed by atoms with Gasteiger partial charge in [-0.2, -0.15) is 0 Å². The Bertz CT molecular complexity index is 1600. The molecule has 6 heterocycles. The summed E-state index contributed by atoms with van der Waals surface area (Å²) < 4.78 is 22.3. The van der Waals surface area contributed by atoms with Gasteiger partial charge in [0.25, 0.3) is 23.6 Å². The molecule has 1 aliphatic carbocycles. The molecule has 3 aromatic rings. The minimum atomic E-state index is -0.328. The Morgan fingerprint density at radius 2 is 0.860 bits per heavy atom. The van der Waals surface area contributed by atoms with Crippen molar-refractivity contribution in [2.75, 3.05) is 39.5 Å². The van der Waals surface area contributed by atoms with Gasteiger partial charge in [-0.05, 0) is 85.0 Å². The summed E-state index contributed by atoms with van der Waals surface area (Å²) in [5.41, 5.74) is 3.08. The summed E-state index contributed by atoms with van der Waals surface area (Å²) in [6, 6.07) is 17.3. The molecule has 3 fully saturated rings. The molecule has 1 saturated carbocycles. The molecule has 50 heavy (non-hydrogen) atoms. The Morgan fingerprint density at radius 1 is 0.520 bits per heavy atom. The third-order valence-electron chi connectivity index (χ3n) is 9.54. The van der Waals surface area contributed by atoms with Gasteiger partial charge in [0.1, 0.15) is 36.9 Å². The van der Waals surface area contributed by atoms with Crippen molar-refractivity contribution < 1.29 is 38.1 Å². The zero-order valence-corrected chi connectivity index (χ0v) is 27.8. The second-order valence-corrected chi connectivity index (χ2v) is 13.5. The average Bonchev–Trinajstić information content (AvgIpc) is 4.09. The zero-order valence-electron chi connectivity index (χ0n) is 27.8. The first-order valence-corrected chi connectivity index (χ1v) is 17.3. The van der Waals surface area contributed by atoms with Crippen LogP contribution in [0.15, 0.2) is 60.7 Å². The lowest BCUT2D eigenvalue weighted by Gasteiger charge is -2.28. The second-order valence-electron chi connectivity index (χ2n) is 13.5. The fourth-order valence-corrected chi connectivity index (χ4v) is 6.26. The predicted octanol–water partition coefficient (Wildman–Crippen LogP) is 3.38. The third kappa shape index (κ3) is 9.19. The highest BCUT2D eigenvalue weighted by molar-refractivity contribution is 6.01. The zero-order chi connectivity index (χ0) is 34.5. The molecular weight excluding hydrogens is 640 g/mol. The van der Waals surface area contributed by atoms with E-state index in [1.54, 1.807) is 36.4 Å². The molecule has 12 nitrogen and oxygen atoms in total. The summed E-state index contributed by atoms with van der Waals surface area (Å²) in [4.78, 5) is 53.2. The monoisotopic (exact) mass is 682 g/mol. The number of hydrogen-bond donors (Lipinski definition) is 4. The van der Waals surface area contributed by atoms with E-state index in [0.29, 0.717) is 85.1 Å². The Labute approximate surface area is 290 Å². The lowest BCUT2D eigenvalue weighted by Crippen LogP contribution is -2.35. The van der Waals surface area contributed by atoms with Crippen molar-refractivity contribution in [2.45, 2.75) is 51.0 Å². The van der Waals surface area contributed by atoms with Crippen LogP contribution < -0.4 is 30.7 Å². The molecule has 2 atom stereocenters. The Hall–Kier alpha value is -4.94. The van der Waals surface area contributed by atoms with Crippen molar-refractivity contribution >= 4 is 23.6 Å². The number of carbonyl (C=O) groups excluding carboxylic acids is 4. The first-order chi connectivity index (χ1) is 24.3. The Balaban J connectivity index is 1.09. The van der Waals surface area contributed by atoms with E-state index in [0.717, 1.165) is 36.8 Å². The van der Waals surface area contributed by atoms with Gasteiger partial charge in [0, 0.05) is 48.4 Å². The van der Waals surface area contributed by atoms with Crippen LogP contribution in [0.1, 0.15) is 78.2 Å². The van der Waals surface area contributed by atoms with E-state index in [9.17, 15) is 19.2 Å². The summed E-state index contributed by atoms with van der Waals surface area (Å²) in [7, 11) is 0. The molecule has 3 aromatic carbocycles. The summed E-state index contributed by atoms with van der Waals surface area (Å²) in [6.07, 6.45) is 3.71. The molecular formula is C38H42N4O8. The van der Waals surface area contributed by atoms with Crippen molar-refractivity contribution in [3.05, 3.63) is 94.0 Å². The van der Waals surface area contributed by atoms with Crippen molar-refractivity contribution in [1.82, 2.24) is 21.3 Å². The molecule has 4 N–H and O–H groups in total. The lowest BCUT2D eigenvalue weighted by atomic mass is 9.82. The van der Waals surface area contributed by atoms with Gasteiger partial charge in [0.15, 0.2) is 0 Å². The van der Waals surface area contributed by atoms with Crippen LogP contribution in [-0.4, -0.2) is 75.4 Å². The number of amides is 4. The van der Waals surface area contributed by atoms with Crippen LogP contribution in [0.5, 0.6) is 11.5 Å². The molecule has 262 valence electrons. The molecule has 10 rings (SSSR count). The maximum atomic E-state index is 13.3. The van der Waals surface area contributed by atoms with Crippen LogP contribution in [0, 0.1) is 11.8 Å². The second kappa shape index (κ2) is 15.3. The van der Waals surface area contributed by atoms with Crippen LogP contribution in [0.4, 0.5) is 0 Å². The summed E-state index contributed by atoms with van der Waals surface area (Å²) in [6.45, 7) is 3.52. The number of nitrogens with one attached hydrogen (secondary N) is 4. The minimum absolute atomic E-state index is 0.0259. The average molecular weight is 683 g/mol.